The normalized spacial score (nSPS) is 21.3. The number of nitrogens with zero attached hydrogens (tertiary/aromatic N) is 3. The molecule has 0 aromatic rings. The molecule has 0 radical (unpaired) electrons. The number of hydrogen-bond acceptors (Lipinski definition) is 4. The highest BCUT2D eigenvalue weighted by molar-refractivity contribution is 6.10. The number of hydrogen-bond donors (Lipinski definition) is 2. The van der Waals surface area contributed by atoms with E-state index in [0.717, 1.165) is 37.6 Å². The first-order chi connectivity index (χ1) is 14.7. The van der Waals surface area contributed by atoms with Crippen LogP contribution in [0.2, 0.25) is 0 Å². The van der Waals surface area contributed by atoms with Crippen molar-refractivity contribution in [2.45, 2.75) is 72.6 Å². The predicted octanol–water partition coefficient (Wildman–Crippen LogP) is 4.03. The van der Waals surface area contributed by atoms with Gasteiger partial charge in [0.1, 0.15) is 0 Å². The van der Waals surface area contributed by atoms with E-state index in [1.807, 2.05) is 6.92 Å². The Balaban J connectivity index is 2.05. The Morgan fingerprint density at radius 3 is 2.29 bits per heavy atom. The molecular formula is C25H45N5O. The fourth-order valence-corrected chi connectivity index (χ4v) is 4.61. The van der Waals surface area contributed by atoms with Gasteiger partial charge in [-0.05, 0) is 64.6 Å². The van der Waals surface area contributed by atoms with Gasteiger partial charge in [0.15, 0.2) is 0 Å². The molecule has 2 aliphatic rings. The molecular weight excluding hydrogens is 386 g/mol. The standard InChI is InChI=1S/C25H45N5O/c1-19(24(31)28-17-20-10-8-7-9-11-20)22(23(26-5)25(2,3)4)29-18-27-16-21-12-14-30(6)15-13-21/h18,20-21H,7-17H2,1-6H3,(H,27,29)(H,28,31)/b22-19-,26-23?. The maximum Gasteiger partial charge on any atom is 0.249 e. The maximum absolute atomic E-state index is 13.0. The van der Waals surface area contributed by atoms with Crippen molar-refractivity contribution >= 4 is 18.0 Å². The van der Waals surface area contributed by atoms with Gasteiger partial charge in [0.25, 0.3) is 0 Å². The summed E-state index contributed by atoms with van der Waals surface area (Å²) in [6, 6.07) is 0. The van der Waals surface area contributed by atoms with Gasteiger partial charge in [0, 0.05) is 31.1 Å². The van der Waals surface area contributed by atoms with Gasteiger partial charge in [-0.1, -0.05) is 40.0 Å². The quantitative estimate of drug-likeness (QED) is 0.346. The molecule has 1 aliphatic heterocycles. The summed E-state index contributed by atoms with van der Waals surface area (Å²) in [5.41, 5.74) is 2.17. The number of rotatable bonds is 8. The molecule has 1 heterocycles. The number of amides is 1. The number of nitrogens with one attached hydrogen (secondary N) is 2. The molecule has 1 saturated carbocycles. The molecule has 2 N–H and O–H groups in total. The molecule has 0 spiro atoms. The summed E-state index contributed by atoms with van der Waals surface area (Å²) in [7, 11) is 3.98. The van der Waals surface area contributed by atoms with Crippen LogP contribution in [0.4, 0.5) is 0 Å². The van der Waals surface area contributed by atoms with Gasteiger partial charge >= 0.3 is 0 Å². The van der Waals surface area contributed by atoms with Gasteiger partial charge < -0.3 is 15.5 Å². The van der Waals surface area contributed by atoms with Crippen molar-refractivity contribution in [3.63, 3.8) is 0 Å². The molecule has 0 aromatic carbocycles. The highest BCUT2D eigenvalue weighted by Gasteiger charge is 2.26. The molecule has 31 heavy (non-hydrogen) atoms. The highest BCUT2D eigenvalue weighted by Crippen LogP contribution is 2.24. The van der Waals surface area contributed by atoms with Gasteiger partial charge in [0.05, 0.1) is 17.7 Å². The van der Waals surface area contributed by atoms with E-state index in [4.69, 9.17) is 0 Å². The van der Waals surface area contributed by atoms with E-state index >= 15 is 0 Å². The topological polar surface area (TPSA) is 69.1 Å². The van der Waals surface area contributed by atoms with E-state index in [0.29, 0.717) is 17.4 Å². The Bertz CT molecular complexity index is 660. The smallest absolute Gasteiger partial charge is 0.249 e. The zero-order valence-electron chi connectivity index (χ0n) is 20.8. The molecule has 0 aromatic heterocycles. The first-order valence-electron chi connectivity index (χ1n) is 12.1. The summed E-state index contributed by atoms with van der Waals surface area (Å²) < 4.78 is 0. The molecule has 2 rings (SSSR count). The number of carbonyl (C=O) groups is 1. The lowest BCUT2D eigenvalue weighted by Gasteiger charge is -2.28. The van der Waals surface area contributed by atoms with Crippen LogP contribution in [0.3, 0.4) is 0 Å². The summed E-state index contributed by atoms with van der Waals surface area (Å²) in [6.07, 6.45) is 10.5. The third kappa shape index (κ3) is 8.40. The Hall–Kier alpha value is -1.69. The zero-order valence-corrected chi connectivity index (χ0v) is 20.8. The number of piperidine rings is 1. The maximum atomic E-state index is 13.0. The first kappa shape index (κ1) is 25.6. The van der Waals surface area contributed by atoms with Crippen LogP contribution in [0, 0.1) is 17.3 Å². The van der Waals surface area contributed by atoms with Crippen LogP contribution in [0.15, 0.2) is 21.3 Å². The third-order valence-corrected chi connectivity index (χ3v) is 6.66. The minimum Gasteiger partial charge on any atom is -0.352 e. The second kappa shape index (κ2) is 12.4. The van der Waals surface area contributed by atoms with Crippen molar-refractivity contribution in [2.75, 3.05) is 40.3 Å². The molecule has 0 bridgehead atoms. The Kier molecular flexibility index (Phi) is 10.2. The van der Waals surface area contributed by atoms with Gasteiger partial charge in [0.2, 0.25) is 5.91 Å². The fraction of sp³-hybridized carbons (Fsp3) is 0.800. The van der Waals surface area contributed by atoms with Crippen LogP contribution in [0.25, 0.3) is 0 Å². The van der Waals surface area contributed by atoms with Crippen molar-refractivity contribution < 1.29 is 4.79 Å². The van der Waals surface area contributed by atoms with Crippen molar-refractivity contribution in [3.8, 4) is 0 Å². The van der Waals surface area contributed by atoms with Crippen molar-refractivity contribution in [1.29, 1.82) is 0 Å². The average molecular weight is 432 g/mol. The molecule has 1 aliphatic carbocycles. The van der Waals surface area contributed by atoms with Crippen molar-refractivity contribution in [3.05, 3.63) is 11.3 Å². The molecule has 2 fully saturated rings. The first-order valence-corrected chi connectivity index (χ1v) is 12.1. The van der Waals surface area contributed by atoms with E-state index in [9.17, 15) is 4.79 Å². The molecule has 6 heteroatoms. The van der Waals surface area contributed by atoms with E-state index in [1.54, 1.807) is 13.4 Å². The van der Waals surface area contributed by atoms with Crippen LogP contribution in [0.5, 0.6) is 0 Å². The lowest BCUT2D eigenvalue weighted by atomic mass is 9.86. The minimum atomic E-state index is -0.177. The largest absolute Gasteiger partial charge is 0.352 e. The second-order valence-corrected chi connectivity index (χ2v) is 10.4. The van der Waals surface area contributed by atoms with Crippen LogP contribution in [-0.4, -0.2) is 63.1 Å². The Morgan fingerprint density at radius 2 is 1.71 bits per heavy atom. The average Bonchev–Trinajstić information content (AvgIpc) is 2.74. The van der Waals surface area contributed by atoms with Crippen LogP contribution >= 0.6 is 0 Å². The predicted molar refractivity (Wildman–Crippen MR) is 132 cm³/mol. The van der Waals surface area contributed by atoms with Crippen LogP contribution < -0.4 is 10.6 Å². The van der Waals surface area contributed by atoms with E-state index in [2.05, 4.69) is 53.3 Å². The van der Waals surface area contributed by atoms with Crippen molar-refractivity contribution in [2.24, 2.45) is 27.2 Å². The summed E-state index contributed by atoms with van der Waals surface area (Å²) in [4.78, 5) is 24.5. The van der Waals surface area contributed by atoms with Gasteiger partial charge in [-0.15, -0.1) is 0 Å². The lowest BCUT2D eigenvalue weighted by Crippen LogP contribution is -2.36. The Morgan fingerprint density at radius 1 is 1.06 bits per heavy atom. The lowest BCUT2D eigenvalue weighted by molar-refractivity contribution is -0.117. The van der Waals surface area contributed by atoms with Gasteiger partial charge in [-0.25, -0.2) is 0 Å². The van der Waals surface area contributed by atoms with E-state index in [1.165, 1.54) is 44.9 Å². The molecule has 0 unspecified atom stereocenters. The third-order valence-electron chi connectivity index (χ3n) is 6.66. The van der Waals surface area contributed by atoms with Crippen LogP contribution in [0.1, 0.15) is 72.6 Å². The second-order valence-electron chi connectivity index (χ2n) is 10.4. The molecule has 1 saturated heterocycles. The fourth-order valence-electron chi connectivity index (χ4n) is 4.61. The number of carbonyl (C=O) groups excluding carboxylic acids is 1. The monoisotopic (exact) mass is 431 g/mol. The van der Waals surface area contributed by atoms with Crippen molar-refractivity contribution in [1.82, 2.24) is 15.5 Å². The summed E-state index contributed by atoms with van der Waals surface area (Å²) in [5, 5.41) is 6.50. The minimum absolute atomic E-state index is 0.0119. The summed E-state index contributed by atoms with van der Waals surface area (Å²) in [5.74, 6) is 1.24. The number of allylic oxidation sites excluding steroid dienone is 1. The highest BCUT2D eigenvalue weighted by atomic mass is 16.1. The van der Waals surface area contributed by atoms with Crippen LogP contribution in [-0.2, 0) is 4.79 Å². The number of likely N-dealkylation sites (tertiary alicyclic amines) is 1. The molecule has 6 nitrogen and oxygen atoms in total. The van der Waals surface area contributed by atoms with E-state index in [-0.39, 0.29) is 11.3 Å². The molecule has 0 atom stereocenters. The SMILES string of the molecule is CN=C(/C(NC=NCC1CCN(C)CC1)=C(\C)C(=O)NCC1CCCCC1)C(C)(C)C. The summed E-state index contributed by atoms with van der Waals surface area (Å²) in [6.45, 7) is 12.2. The Labute approximate surface area is 190 Å². The molecule has 176 valence electrons. The molecule has 1 amide bonds. The zero-order chi connectivity index (χ0) is 22.9. The van der Waals surface area contributed by atoms with E-state index < -0.39 is 0 Å². The van der Waals surface area contributed by atoms with Gasteiger partial charge in [-0.2, -0.15) is 0 Å². The van der Waals surface area contributed by atoms with Gasteiger partial charge in [-0.3, -0.25) is 14.8 Å². The summed E-state index contributed by atoms with van der Waals surface area (Å²) >= 11 is 0. The number of aliphatic imine (C=N–C) groups is 2.